The largest absolute Gasteiger partial charge is 0.484 e. The number of sulfonamides is 1. The lowest BCUT2D eigenvalue weighted by Gasteiger charge is -2.19. The number of nitrogen functional groups attached to an aromatic ring is 1. The van der Waals surface area contributed by atoms with Crippen LogP contribution in [0.25, 0.3) is 27.9 Å². The number of fused-ring (bicyclic) bond motifs is 1. The number of alkyl halides is 2. The molecule has 0 fully saturated rings. The highest BCUT2D eigenvalue weighted by Gasteiger charge is 2.26. The number of anilines is 2. The van der Waals surface area contributed by atoms with Gasteiger partial charge in [-0.1, -0.05) is 18.2 Å². The minimum atomic E-state index is -5.01. The lowest BCUT2D eigenvalue weighted by atomic mass is 10.1. The normalized spacial score (nSPS) is 12.6. The first-order valence-corrected chi connectivity index (χ1v) is 13.7. The number of nitrogens with one attached hydrogen (secondary N) is 1. The van der Waals surface area contributed by atoms with Crippen molar-refractivity contribution < 1.29 is 31.4 Å². The van der Waals surface area contributed by atoms with Crippen LogP contribution in [0, 0.1) is 5.82 Å². The topological polar surface area (TPSA) is 150 Å². The van der Waals surface area contributed by atoms with Gasteiger partial charge in [0, 0.05) is 17.3 Å². The van der Waals surface area contributed by atoms with Crippen molar-refractivity contribution >= 4 is 27.0 Å². The summed E-state index contributed by atoms with van der Waals surface area (Å²) in [5.41, 5.74) is 9.21. The quantitative estimate of drug-likeness (QED) is 0.221. The van der Waals surface area contributed by atoms with E-state index in [0.717, 1.165) is 0 Å². The Bertz CT molecular complexity index is 1810. The van der Waals surface area contributed by atoms with Gasteiger partial charge in [-0.15, -0.1) is 0 Å². The van der Waals surface area contributed by atoms with Gasteiger partial charge in [-0.05, 0) is 42.3 Å². The number of rotatable bonds is 10. The minimum absolute atomic E-state index is 0.0594. The van der Waals surface area contributed by atoms with E-state index in [1.165, 1.54) is 54.9 Å². The van der Waals surface area contributed by atoms with Crippen molar-refractivity contribution in [1.82, 2.24) is 24.4 Å². The van der Waals surface area contributed by atoms with Gasteiger partial charge < -0.3 is 15.6 Å². The highest BCUT2D eigenvalue weighted by atomic mass is 32.2. The maximum absolute atomic E-state index is 13.4. The summed E-state index contributed by atoms with van der Waals surface area (Å²) in [6.07, 6.45) is 5.66. The number of aliphatic hydroxyl groups is 1. The molecule has 3 heterocycles. The van der Waals surface area contributed by atoms with Crippen molar-refractivity contribution in [3.63, 3.8) is 0 Å². The molecular formula is C26H24F3N7O4S. The molecule has 0 aliphatic rings. The smallest absolute Gasteiger partial charge is 0.355 e. The molecule has 0 radical (unpaired) electrons. The number of hydrogen-bond acceptors (Lipinski definition) is 8. The average molecular weight is 588 g/mol. The third kappa shape index (κ3) is 5.67. The predicted molar refractivity (Wildman–Crippen MR) is 145 cm³/mol. The highest BCUT2D eigenvalue weighted by Crippen LogP contribution is 2.38. The molecule has 5 aromatic rings. The maximum atomic E-state index is 13.4. The maximum Gasteiger partial charge on any atom is 0.355 e. The summed E-state index contributed by atoms with van der Waals surface area (Å²) in [5.74, 6) is -4.03. The van der Waals surface area contributed by atoms with Crippen molar-refractivity contribution in [2.45, 2.75) is 25.3 Å². The number of halogens is 3. The lowest BCUT2D eigenvalue weighted by Crippen LogP contribution is -2.21. The summed E-state index contributed by atoms with van der Waals surface area (Å²) in [7, 11) is -5.01. The minimum Gasteiger partial charge on any atom is -0.484 e. The van der Waals surface area contributed by atoms with E-state index in [0.29, 0.717) is 40.0 Å². The Morgan fingerprint density at radius 3 is 2.54 bits per heavy atom. The number of benzene rings is 2. The van der Waals surface area contributed by atoms with Gasteiger partial charge >= 0.3 is 5.76 Å². The molecule has 0 spiro atoms. The summed E-state index contributed by atoms with van der Waals surface area (Å²) in [6.45, 7) is 1.86. The van der Waals surface area contributed by atoms with E-state index in [-0.39, 0.29) is 23.9 Å². The van der Waals surface area contributed by atoms with E-state index >= 15 is 0 Å². The van der Waals surface area contributed by atoms with Crippen LogP contribution in [0.2, 0.25) is 0 Å². The molecule has 0 unspecified atom stereocenters. The van der Waals surface area contributed by atoms with Gasteiger partial charge in [0.05, 0.1) is 43.1 Å². The van der Waals surface area contributed by atoms with Gasteiger partial charge in [0.15, 0.2) is 0 Å². The number of nitrogens with two attached hydrogens (primary N) is 1. The number of hydrogen-bond donors (Lipinski definition) is 3. The Hall–Kier alpha value is -4.63. The zero-order chi connectivity index (χ0) is 29.3. The number of nitrogens with zero attached hydrogens (tertiary/aromatic N) is 5. The fourth-order valence-electron chi connectivity index (χ4n) is 4.21. The Kier molecular flexibility index (Phi) is 7.55. The number of aliphatic hydroxyl groups excluding tert-OH is 1. The molecular weight excluding hydrogens is 563 g/mol. The second kappa shape index (κ2) is 11.1. The molecule has 1 atom stereocenters. The van der Waals surface area contributed by atoms with Crippen LogP contribution in [0.4, 0.5) is 24.7 Å². The van der Waals surface area contributed by atoms with Crippen molar-refractivity contribution in [3.05, 3.63) is 78.6 Å². The van der Waals surface area contributed by atoms with Crippen molar-refractivity contribution in [3.8, 4) is 28.1 Å². The van der Waals surface area contributed by atoms with Gasteiger partial charge in [0.25, 0.3) is 10.0 Å². The van der Waals surface area contributed by atoms with Crippen molar-refractivity contribution in [2.24, 2.45) is 0 Å². The molecule has 41 heavy (non-hydrogen) atoms. The number of ether oxygens (including phenoxy) is 1. The van der Waals surface area contributed by atoms with Crippen LogP contribution < -0.4 is 15.2 Å². The standard InChI is InChI=1S/C26H24F3N7O4S/c1-15(16-2-5-19(27)6-3-16)40-23-10-17(4-7-21(23)34-41(38,39)26(28)29)20-12-33-36-22(13-31-25(30)24(20)36)18-11-32-35(14-18)8-9-37/h2-7,10-15,26,34,37H,8-9H2,1H3,(H2,30,31)/t15-/m0/s1. The Morgan fingerprint density at radius 1 is 1.07 bits per heavy atom. The van der Waals surface area contributed by atoms with E-state index in [4.69, 9.17) is 10.5 Å². The van der Waals surface area contributed by atoms with E-state index in [2.05, 4.69) is 15.2 Å². The third-order valence-electron chi connectivity index (χ3n) is 6.25. The zero-order valence-corrected chi connectivity index (χ0v) is 22.3. The molecule has 3 aromatic heterocycles. The number of aromatic nitrogens is 5. The monoisotopic (exact) mass is 587 g/mol. The van der Waals surface area contributed by atoms with Gasteiger partial charge in [-0.3, -0.25) is 9.40 Å². The molecule has 0 aliphatic carbocycles. The fourth-order valence-corrected chi connectivity index (χ4v) is 4.78. The molecule has 5 rings (SSSR count). The Balaban J connectivity index is 1.59. The molecule has 4 N–H and O–H groups in total. The van der Waals surface area contributed by atoms with Gasteiger partial charge in [-0.25, -0.2) is 22.3 Å². The summed E-state index contributed by atoms with van der Waals surface area (Å²) < 4.78 is 74.7. The molecule has 0 aliphatic heterocycles. The molecule has 11 nitrogen and oxygen atoms in total. The first kappa shape index (κ1) is 27.9. The second-order valence-corrected chi connectivity index (χ2v) is 10.6. The van der Waals surface area contributed by atoms with Gasteiger partial charge in [0.2, 0.25) is 0 Å². The highest BCUT2D eigenvalue weighted by molar-refractivity contribution is 7.93. The molecule has 0 amide bonds. The van der Waals surface area contributed by atoms with Crippen LogP contribution >= 0.6 is 0 Å². The van der Waals surface area contributed by atoms with Crippen molar-refractivity contribution in [2.75, 3.05) is 17.1 Å². The summed E-state index contributed by atoms with van der Waals surface area (Å²) in [5, 5.41) is 17.9. The Morgan fingerprint density at radius 2 is 1.83 bits per heavy atom. The van der Waals surface area contributed by atoms with E-state index in [1.807, 2.05) is 4.72 Å². The van der Waals surface area contributed by atoms with E-state index in [9.17, 15) is 26.7 Å². The van der Waals surface area contributed by atoms with Crippen LogP contribution in [0.1, 0.15) is 18.6 Å². The zero-order valence-electron chi connectivity index (χ0n) is 21.4. The summed E-state index contributed by atoms with van der Waals surface area (Å²) in [6, 6.07) is 9.73. The first-order chi connectivity index (χ1) is 19.6. The predicted octanol–water partition coefficient (Wildman–Crippen LogP) is 4.08. The van der Waals surface area contributed by atoms with Crippen LogP contribution in [-0.4, -0.2) is 50.3 Å². The molecule has 0 bridgehead atoms. The van der Waals surface area contributed by atoms with Crippen molar-refractivity contribution in [1.29, 1.82) is 0 Å². The van der Waals surface area contributed by atoms with Gasteiger partial charge in [0.1, 0.15) is 29.0 Å². The summed E-state index contributed by atoms with van der Waals surface area (Å²) >= 11 is 0. The Labute approximate surface area is 232 Å². The van der Waals surface area contributed by atoms with Crippen LogP contribution in [0.3, 0.4) is 0 Å². The van der Waals surface area contributed by atoms with E-state index < -0.39 is 27.7 Å². The van der Waals surface area contributed by atoms with E-state index in [1.54, 1.807) is 28.5 Å². The molecule has 15 heteroatoms. The third-order valence-corrected chi connectivity index (χ3v) is 7.22. The summed E-state index contributed by atoms with van der Waals surface area (Å²) in [4.78, 5) is 4.29. The molecule has 0 saturated heterocycles. The fraction of sp³-hybridized carbons (Fsp3) is 0.192. The average Bonchev–Trinajstić information content (AvgIpc) is 3.59. The second-order valence-electron chi connectivity index (χ2n) is 8.99. The SMILES string of the molecule is C[C@H](Oc1cc(-c2cnn3c(-c4cnn(CCO)c4)cnc(N)c23)ccc1NS(=O)(=O)C(F)F)c1ccc(F)cc1. The van der Waals surface area contributed by atoms with Crippen LogP contribution in [-0.2, 0) is 16.6 Å². The molecule has 2 aromatic carbocycles. The lowest BCUT2D eigenvalue weighted by molar-refractivity contribution is 0.228. The first-order valence-electron chi connectivity index (χ1n) is 12.2. The van der Waals surface area contributed by atoms with Gasteiger partial charge in [-0.2, -0.15) is 19.0 Å². The van der Waals surface area contributed by atoms with Crippen LogP contribution in [0.15, 0.2) is 67.3 Å². The van der Waals surface area contributed by atoms with Crippen LogP contribution in [0.5, 0.6) is 5.75 Å². The molecule has 214 valence electrons. The molecule has 0 saturated carbocycles.